The van der Waals surface area contributed by atoms with Crippen LogP contribution in [0.5, 0.6) is 0 Å². The van der Waals surface area contributed by atoms with Crippen LogP contribution in [0.15, 0.2) is 12.3 Å². The van der Waals surface area contributed by atoms with E-state index in [2.05, 4.69) is 9.97 Å². The molecule has 1 saturated heterocycles. The van der Waals surface area contributed by atoms with Crippen LogP contribution in [-0.4, -0.2) is 52.4 Å². The average Bonchev–Trinajstić information content (AvgIpc) is 2.33. The summed E-state index contributed by atoms with van der Waals surface area (Å²) < 4.78 is 0. The Kier molecular flexibility index (Phi) is 3.19. The van der Waals surface area contributed by atoms with E-state index >= 15 is 0 Å². The number of anilines is 1. The third-order valence-corrected chi connectivity index (χ3v) is 2.84. The summed E-state index contributed by atoms with van der Waals surface area (Å²) in [6.07, 6.45) is 1.60. The zero-order valence-electron chi connectivity index (χ0n) is 9.46. The van der Waals surface area contributed by atoms with Gasteiger partial charge >= 0.3 is 0 Å². The van der Waals surface area contributed by atoms with Crippen LogP contribution in [0.1, 0.15) is 5.69 Å². The molecule has 1 aliphatic heterocycles. The summed E-state index contributed by atoms with van der Waals surface area (Å²) in [6, 6.07) is 1.66. The Balaban J connectivity index is 2.20. The monoisotopic (exact) mass is 251 g/mol. The van der Waals surface area contributed by atoms with Gasteiger partial charge < -0.3 is 15.5 Å². The lowest BCUT2D eigenvalue weighted by Crippen LogP contribution is -2.49. The van der Waals surface area contributed by atoms with Crippen molar-refractivity contribution >= 4 is 29.1 Å². The summed E-state index contributed by atoms with van der Waals surface area (Å²) in [7, 11) is 1.78. The molecule has 1 aromatic rings. The van der Waals surface area contributed by atoms with Crippen molar-refractivity contribution in [1.82, 2.24) is 14.9 Å². The van der Waals surface area contributed by atoms with Crippen LogP contribution >= 0.6 is 12.2 Å². The first-order valence-electron chi connectivity index (χ1n) is 5.19. The summed E-state index contributed by atoms with van der Waals surface area (Å²) in [5.74, 6) is 0.553. The van der Waals surface area contributed by atoms with Crippen LogP contribution in [0.2, 0.25) is 0 Å². The van der Waals surface area contributed by atoms with Gasteiger partial charge in [-0.1, -0.05) is 12.2 Å². The smallest absolute Gasteiger partial charge is 0.242 e. The second-order valence-electron chi connectivity index (χ2n) is 3.84. The Bertz CT molecular complexity index is 464. The SMILES string of the molecule is CN1CCN(c2nccc(C(N)=S)n2)CC1=O. The van der Waals surface area contributed by atoms with Crippen molar-refractivity contribution in [3.05, 3.63) is 18.0 Å². The number of piperazine rings is 1. The van der Waals surface area contributed by atoms with Crippen LogP contribution < -0.4 is 10.6 Å². The van der Waals surface area contributed by atoms with Crippen LogP contribution in [0.4, 0.5) is 5.95 Å². The number of thiocarbonyl (C=S) groups is 1. The minimum Gasteiger partial charge on any atom is -0.388 e. The zero-order valence-corrected chi connectivity index (χ0v) is 10.3. The number of rotatable bonds is 2. The van der Waals surface area contributed by atoms with Crippen molar-refractivity contribution in [2.75, 3.05) is 31.6 Å². The predicted octanol–water partition coefficient (Wildman–Crippen LogP) is -0.611. The molecule has 0 spiro atoms. The van der Waals surface area contributed by atoms with Gasteiger partial charge in [0.25, 0.3) is 0 Å². The van der Waals surface area contributed by atoms with Crippen LogP contribution in [0.3, 0.4) is 0 Å². The maximum absolute atomic E-state index is 11.6. The molecular formula is C10H13N5OS. The van der Waals surface area contributed by atoms with Gasteiger partial charge in [0.1, 0.15) is 10.7 Å². The second kappa shape index (κ2) is 4.62. The first kappa shape index (κ1) is 11.7. The number of amides is 1. The molecule has 1 amide bonds. The van der Waals surface area contributed by atoms with Gasteiger partial charge in [0.15, 0.2) is 0 Å². The summed E-state index contributed by atoms with van der Waals surface area (Å²) in [6.45, 7) is 1.67. The Hall–Kier alpha value is -1.76. The number of nitrogens with two attached hydrogens (primary N) is 1. The van der Waals surface area contributed by atoms with Crippen molar-refractivity contribution in [2.24, 2.45) is 5.73 Å². The van der Waals surface area contributed by atoms with Gasteiger partial charge in [0, 0.05) is 26.3 Å². The molecule has 90 valence electrons. The molecular weight excluding hydrogens is 238 g/mol. The van der Waals surface area contributed by atoms with E-state index in [0.717, 1.165) is 0 Å². The van der Waals surface area contributed by atoms with E-state index in [-0.39, 0.29) is 17.4 Å². The van der Waals surface area contributed by atoms with E-state index in [1.807, 2.05) is 4.90 Å². The molecule has 1 fully saturated rings. The highest BCUT2D eigenvalue weighted by Gasteiger charge is 2.22. The summed E-state index contributed by atoms with van der Waals surface area (Å²) in [5.41, 5.74) is 6.03. The standard InChI is InChI=1S/C10H13N5OS/c1-14-4-5-15(6-8(14)16)10-12-3-2-7(13-10)9(11)17/h2-3H,4-6H2,1H3,(H2,11,17). The first-order valence-corrected chi connectivity index (χ1v) is 5.60. The van der Waals surface area contributed by atoms with Crippen LogP contribution in [0.25, 0.3) is 0 Å². The number of hydrogen-bond acceptors (Lipinski definition) is 5. The third-order valence-electron chi connectivity index (χ3n) is 2.64. The maximum atomic E-state index is 11.6. The van der Waals surface area contributed by atoms with Gasteiger partial charge in [-0.25, -0.2) is 9.97 Å². The molecule has 17 heavy (non-hydrogen) atoms. The van der Waals surface area contributed by atoms with Crippen molar-refractivity contribution in [1.29, 1.82) is 0 Å². The number of aromatic nitrogens is 2. The van der Waals surface area contributed by atoms with Gasteiger partial charge in [-0.15, -0.1) is 0 Å². The molecule has 7 heteroatoms. The summed E-state index contributed by atoms with van der Waals surface area (Å²) in [5, 5.41) is 0. The van der Waals surface area contributed by atoms with E-state index in [4.69, 9.17) is 18.0 Å². The molecule has 0 saturated carbocycles. The van der Waals surface area contributed by atoms with E-state index in [9.17, 15) is 4.79 Å². The van der Waals surface area contributed by atoms with Gasteiger partial charge in [-0.3, -0.25) is 4.79 Å². The van der Waals surface area contributed by atoms with E-state index in [1.165, 1.54) is 0 Å². The number of carbonyl (C=O) groups excluding carboxylic acids is 1. The zero-order chi connectivity index (χ0) is 12.4. The Morgan fingerprint density at radius 2 is 2.29 bits per heavy atom. The number of hydrogen-bond donors (Lipinski definition) is 1. The van der Waals surface area contributed by atoms with Crippen molar-refractivity contribution in [2.45, 2.75) is 0 Å². The molecule has 6 nitrogen and oxygen atoms in total. The van der Waals surface area contributed by atoms with Crippen LogP contribution in [0, 0.1) is 0 Å². The Morgan fingerprint density at radius 3 is 2.94 bits per heavy atom. The molecule has 2 N–H and O–H groups in total. The van der Waals surface area contributed by atoms with Gasteiger partial charge in [0.2, 0.25) is 11.9 Å². The third kappa shape index (κ3) is 2.50. The lowest BCUT2D eigenvalue weighted by molar-refractivity contribution is -0.129. The molecule has 2 rings (SSSR count). The molecule has 0 unspecified atom stereocenters. The lowest BCUT2D eigenvalue weighted by Gasteiger charge is -2.31. The second-order valence-corrected chi connectivity index (χ2v) is 4.28. The molecule has 0 atom stereocenters. The first-order chi connectivity index (χ1) is 8.08. The Morgan fingerprint density at radius 1 is 1.53 bits per heavy atom. The fourth-order valence-corrected chi connectivity index (χ4v) is 1.68. The molecule has 0 bridgehead atoms. The Labute approximate surface area is 104 Å². The minimum absolute atomic E-state index is 0.0561. The fraction of sp³-hybridized carbons (Fsp3) is 0.400. The normalized spacial score (nSPS) is 16.2. The van der Waals surface area contributed by atoms with Crippen molar-refractivity contribution in [3.8, 4) is 0 Å². The highest BCUT2D eigenvalue weighted by atomic mass is 32.1. The molecule has 1 aromatic heterocycles. The predicted molar refractivity (Wildman–Crippen MR) is 67.8 cm³/mol. The average molecular weight is 251 g/mol. The summed E-state index contributed by atoms with van der Waals surface area (Å²) in [4.78, 5) is 23.7. The highest BCUT2D eigenvalue weighted by molar-refractivity contribution is 7.80. The van der Waals surface area contributed by atoms with E-state index in [1.54, 1.807) is 24.2 Å². The van der Waals surface area contributed by atoms with Gasteiger partial charge in [0.05, 0.1) is 6.54 Å². The number of nitrogens with zero attached hydrogens (tertiary/aromatic N) is 4. The van der Waals surface area contributed by atoms with Crippen molar-refractivity contribution in [3.63, 3.8) is 0 Å². The van der Waals surface area contributed by atoms with Gasteiger partial charge in [-0.05, 0) is 6.07 Å². The fourth-order valence-electron chi connectivity index (χ4n) is 1.57. The van der Waals surface area contributed by atoms with Gasteiger partial charge in [-0.2, -0.15) is 0 Å². The topological polar surface area (TPSA) is 75.3 Å². The molecule has 1 aliphatic rings. The van der Waals surface area contributed by atoms with E-state index < -0.39 is 0 Å². The largest absolute Gasteiger partial charge is 0.388 e. The maximum Gasteiger partial charge on any atom is 0.242 e. The number of carbonyl (C=O) groups is 1. The lowest BCUT2D eigenvalue weighted by atomic mass is 10.3. The van der Waals surface area contributed by atoms with Crippen molar-refractivity contribution < 1.29 is 4.79 Å². The molecule has 0 radical (unpaired) electrons. The number of likely N-dealkylation sites (N-methyl/N-ethyl adjacent to an activating group) is 1. The minimum atomic E-state index is 0.0561. The molecule has 2 heterocycles. The molecule has 0 aromatic carbocycles. The van der Waals surface area contributed by atoms with Crippen LogP contribution in [-0.2, 0) is 4.79 Å². The highest BCUT2D eigenvalue weighted by Crippen LogP contribution is 2.11. The summed E-state index contributed by atoms with van der Waals surface area (Å²) >= 11 is 4.86. The molecule has 0 aliphatic carbocycles. The quantitative estimate of drug-likeness (QED) is 0.707. The van der Waals surface area contributed by atoms with E-state index in [0.29, 0.717) is 24.7 Å².